The van der Waals surface area contributed by atoms with Crippen molar-refractivity contribution in [2.24, 2.45) is 5.10 Å². The molecule has 0 fully saturated rings. The lowest BCUT2D eigenvalue weighted by molar-refractivity contribution is 0.0926. The normalized spacial score (nSPS) is 20.2. The maximum absolute atomic E-state index is 12.7. The van der Waals surface area contributed by atoms with Crippen LogP contribution >= 0.6 is 11.8 Å². The highest BCUT2D eigenvalue weighted by atomic mass is 32.2. The summed E-state index contributed by atoms with van der Waals surface area (Å²) in [6, 6.07) is 24.7. The maximum Gasteiger partial charge on any atom is 0.266 e. The summed E-state index contributed by atoms with van der Waals surface area (Å²) in [4.78, 5) is 26.2. The number of hydrazone groups is 1. The van der Waals surface area contributed by atoms with Crippen LogP contribution in [0.4, 0.5) is 5.69 Å². The summed E-state index contributed by atoms with van der Waals surface area (Å²) in [6.45, 7) is 2.08. The number of carbonyl (C=O) groups excluding carboxylic acids is 2. The average Bonchev–Trinajstić information content (AvgIpc) is 3.27. The molecule has 5 rings (SSSR count). The Morgan fingerprint density at radius 2 is 1.47 bits per heavy atom. The molecular formula is C24H19N3O2S. The van der Waals surface area contributed by atoms with Gasteiger partial charge in [-0.25, -0.2) is 4.90 Å². The number of anilines is 1. The smallest absolute Gasteiger partial charge is 0.266 e. The van der Waals surface area contributed by atoms with E-state index in [-0.39, 0.29) is 11.8 Å². The summed E-state index contributed by atoms with van der Waals surface area (Å²) >= 11 is 1.68. The van der Waals surface area contributed by atoms with Crippen LogP contribution in [0.3, 0.4) is 0 Å². The van der Waals surface area contributed by atoms with Crippen molar-refractivity contribution in [3.05, 3.63) is 101 Å². The van der Waals surface area contributed by atoms with E-state index in [0.29, 0.717) is 16.8 Å². The molecule has 6 heteroatoms. The van der Waals surface area contributed by atoms with E-state index < -0.39 is 4.87 Å². The number of benzene rings is 3. The summed E-state index contributed by atoms with van der Waals surface area (Å²) in [5, 5.41) is 5.54. The number of thioether (sulfide) groups is 1. The van der Waals surface area contributed by atoms with E-state index in [0.717, 1.165) is 17.0 Å². The van der Waals surface area contributed by atoms with Crippen LogP contribution in [0.1, 0.15) is 38.8 Å². The number of nitrogens with one attached hydrogen (secondary N) is 1. The molecule has 1 N–H and O–H groups in total. The monoisotopic (exact) mass is 413 g/mol. The van der Waals surface area contributed by atoms with Crippen molar-refractivity contribution in [2.45, 2.75) is 18.2 Å². The Morgan fingerprint density at radius 3 is 2.10 bits per heavy atom. The van der Waals surface area contributed by atoms with Crippen LogP contribution in [0.15, 0.2) is 84.0 Å². The third-order valence-electron chi connectivity index (χ3n) is 5.38. The van der Waals surface area contributed by atoms with Crippen molar-refractivity contribution in [3.63, 3.8) is 0 Å². The molecule has 0 radical (unpaired) electrons. The van der Waals surface area contributed by atoms with E-state index in [2.05, 4.69) is 29.6 Å². The van der Waals surface area contributed by atoms with Gasteiger partial charge in [-0.1, -0.05) is 66.4 Å². The highest BCUT2D eigenvalue weighted by Gasteiger charge is 2.37. The van der Waals surface area contributed by atoms with E-state index in [1.165, 1.54) is 10.5 Å². The first-order chi connectivity index (χ1) is 14.5. The lowest BCUT2D eigenvalue weighted by Crippen LogP contribution is -2.30. The van der Waals surface area contributed by atoms with Crippen LogP contribution in [0, 0.1) is 0 Å². The molecule has 1 unspecified atom stereocenters. The number of hydrogen-bond donors (Lipinski definition) is 1. The van der Waals surface area contributed by atoms with Gasteiger partial charge < -0.3 is 0 Å². The minimum Gasteiger partial charge on any atom is -0.289 e. The molecule has 1 atom stereocenters. The zero-order valence-corrected chi connectivity index (χ0v) is 17.1. The standard InChI is InChI=1S/C24H19N3O2S/c1-24(26-25-21(30-24)15-16-7-3-2-4-8-16)17-11-13-18(14-12-17)27-22(28)19-9-5-6-10-20(19)23(27)29/h2-14,26H,15H2,1H3. The first kappa shape index (κ1) is 18.6. The molecule has 0 bridgehead atoms. The minimum absolute atomic E-state index is 0.281. The van der Waals surface area contributed by atoms with E-state index in [4.69, 9.17) is 0 Å². The fourth-order valence-electron chi connectivity index (χ4n) is 3.77. The van der Waals surface area contributed by atoms with Crippen molar-refractivity contribution in [2.75, 3.05) is 4.90 Å². The molecule has 3 aromatic rings. The Labute approximate surface area is 178 Å². The predicted octanol–water partition coefficient (Wildman–Crippen LogP) is 4.55. The summed E-state index contributed by atoms with van der Waals surface area (Å²) in [6.07, 6.45) is 0.779. The number of fused-ring (bicyclic) bond motifs is 1. The van der Waals surface area contributed by atoms with Gasteiger partial charge in [0.2, 0.25) is 0 Å². The van der Waals surface area contributed by atoms with Crippen LogP contribution < -0.4 is 10.3 Å². The van der Waals surface area contributed by atoms with Crippen LogP contribution in [0.2, 0.25) is 0 Å². The molecule has 3 aromatic carbocycles. The third-order valence-corrected chi connectivity index (χ3v) is 6.59. The SMILES string of the molecule is CC1(c2ccc(N3C(=O)c4ccccc4C3=O)cc2)NN=C(Cc2ccccc2)S1. The van der Waals surface area contributed by atoms with Crippen LogP contribution in [0.25, 0.3) is 0 Å². The largest absolute Gasteiger partial charge is 0.289 e. The lowest BCUT2D eigenvalue weighted by Gasteiger charge is -2.24. The minimum atomic E-state index is -0.398. The van der Waals surface area contributed by atoms with E-state index in [9.17, 15) is 9.59 Å². The number of hydrogen-bond acceptors (Lipinski definition) is 5. The van der Waals surface area contributed by atoms with Crippen molar-refractivity contribution >= 4 is 34.3 Å². The predicted molar refractivity (Wildman–Crippen MR) is 120 cm³/mol. The third kappa shape index (κ3) is 3.09. The van der Waals surface area contributed by atoms with Crippen LogP contribution in [0.5, 0.6) is 0 Å². The van der Waals surface area contributed by atoms with Crippen molar-refractivity contribution in [1.29, 1.82) is 0 Å². The van der Waals surface area contributed by atoms with E-state index >= 15 is 0 Å². The topological polar surface area (TPSA) is 61.8 Å². The quantitative estimate of drug-likeness (QED) is 0.638. The molecule has 5 nitrogen and oxygen atoms in total. The lowest BCUT2D eigenvalue weighted by atomic mass is 10.1. The maximum atomic E-state index is 12.7. The van der Waals surface area contributed by atoms with Crippen LogP contribution in [-0.4, -0.2) is 16.9 Å². The summed E-state index contributed by atoms with van der Waals surface area (Å²) in [7, 11) is 0. The Bertz CT molecular complexity index is 1140. The molecule has 2 aliphatic rings. The molecule has 2 aliphatic heterocycles. The van der Waals surface area contributed by atoms with Gasteiger partial charge in [0.15, 0.2) is 0 Å². The first-order valence-corrected chi connectivity index (χ1v) is 10.5. The highest BCUT2D eigenvalue weighted by molar-refractivity contribution is 8.14. The van der Waals surface area contributed by atoms with Gasteiger partial charge in [0.1, 0.15) is 9.91 Å². The summed E-state index contributed by atoms with van der Waals surface area (Å²) in [5.41, 5.74) is 6.96. The van der Waals surface area contributed by atoms with Gasteiger partial charge in [0.25, 0.3) is 11.8 Å². The van der Waals surface area contributed by atoms with Crippen LogP contribution in [-0.2, 0) is 11.3 Å². The number of rotatable bonds is 4. The molecule has 0 saturated heterocycles. The molecule has 0 aromatic heterocycles. The Hall–Kier alpha value is -3.38. The number of amides is 2. The molecular weight excluding hydrogens is 394 g/mol. The van der Waals surface area contributed by atoms with Gasteiger partial charge in [-0.05, 0) is 42.3 Å². The van der Waals surface area contributed by atoms with Gasteiger partial charge in [-0.2, -0.15) is 5.10 Å². The second-order valence-electron chi connectivity index (χ2n) is 7.45. The van der Waals surface area contributed by atoms with Crippen molar-refractivity contribution in [3.8, 4) is 0 Å². The Morgan fingerprint density at radius 1 is 0.867 bits per heavy atom. The molecule has 0 spiro atoms. The first-order valence-electron chi connectivity index (χ1n) is 9.70. The number of carbonyl (C=O) groups is 2. The second-order valence-corrected chi connectivity index (χ2v) is 8.95. The molecule has 148 valence electrons. The number of imide groups is 1. The van der Waals surface area contributed by atoms with Gasteiger partial charge in [0.05, 0.1) is 16.8 Å². The van der Waals surface area contributed by atoms with Crippen molar-refractivity contribution < 1.29 is 9.59 Å². The fraction of sp³-hybridized carbons (Fsp3) is 0.125. The zero-order chi connectivity index (χ0) is 20.7. The Kier molecular flexibility index (Phi) is 4.44. The summed E-state index contributed by atoms with van der Waals surface area (Å²) in [5.74, 6) is -0.562. The molecule has 0 aliphatic carbocycles. The van der Waals surface area contributed by atoms with Gasteiger partial charge in [-0.3, -0.25) is 15.0 Å². The number of nitrogens with zero attached hydrogens (tertiary/aromatic N) is 2. The van der Waals surface area contributed by atoms with Crippen molar-refractivity contribution in [1.82, 2.24) is 5.43 Å². The van der Waals surface area contributed by atoms with Gasteiger partial charge in [0, 0.05) is 6.42 Å². The molecule has 0 saturated carbocycles. The Balaban J connectivity index is 1.34. The summed E-state index contributed by atoms with van der Waals surface area (Å²) < 4.78 is 0. The zero-order valence-electron chi connectivity index (χ0n) is 16.3. The van der Waals surface area contributed by atoms with E-state index in [1.54, 1.807) is 36.0 Å². The molecule has 2 amide bonds. The second kappa shape index (κ2) is 7.15. The van der Waals surface area contributed by atoms with Gasteiger partial charge >= 0.3 is 0 Å². The van der Waals surface area contributed by atoms with E-state index in [1.807, 2.05) is 42.5 Å². The highest BCUT2D eigenvalue weighted by Crippen LogP contribution is 2.40. The molecule has 2 heterocycles. The average molecular weight is 414 g/mol. The van der Waals surface area contributed by atoms with Gasteiger partial charge in [-0.15, -0.1) is 0 Å². The molecule has 30 heavy (non-hydrogen) atoms. The fourth-order valence-corrected chi connectivity index (χ4v) is 4.92.